The number of halogens is 3. The third kappa shape index (κ3) is 12.4. The van der Waals surface area contributed by atoms with Gasteiger partial charge in [-0.2, -0.15) is 23.4 Å². The van der Waals surface area contributed by atoms with Crippen molar-refractivity contribution in [2.75, 3.05) is 25.7 Å². The molecule has 0 saturated heterocycles. The Morgan fingerprint density at radius 3 is 2.11 bits per heavy atom. The van der Waals surface area contributed by atoms with Crippen molar-refractivity contribution in [2.45, 2.75) is 70.7 Å². The number of nitrogens with one attached hydrogen (secondary N) is 2. The van der Waals surface area contributed by atoms with Crippen LogP contribution in [0.5, 0.6) is 11.9 Å². The van der Waals surface area contributed by atoms with E-state index in [1.165, 1.54) is 19.1 Å². The largest absolute Gasteiger partial charge is 0.490 e. The first-order valence-corrected chi connectivity index (χ1v) is 17.7. The van der Waals surface area contributed by atoms with Gasteiger partial charge in [0.15, 0.2) is 0 Å². The van der Waals surface area contributed by atoms with Gasteiger partial charge in [0.1, 0.15) is 5.60 Å². The zero-order chi connectivity index (χ0) is 41.9. The lowest BCUT2D eigenvalue weighted by Crippen LogP contribution is -2.50. The number of amides is 3. The summed E-state index contributed by atoms with van der Waals surface area (Å²) in [5.41, 5.74) is 9.32. The zero-order valence-corrected chi connectivity index (χ0v) is 31.9. The quantitative estimate of drug-likeness (QED) is 0.160. The summed E-state index contributed by atoms with van der Waals surface area (Å²) in [6.07, 6.45) is -1.16. The van der Waals surface area contributed by atoms with Gasteiger partial charge >= 0.3 is 24.2 Å². The van der Waals surface area contributed by atoms with Gasteiger partial charge in [-0.1, -0.05) is 24.3 Å². The second-order valence-electron chi connectivity index (χ2n) is 14.0. The summed E-state index contributed by atoms with van der Waals surface area (Å²) in [6, 6.07) is 13.5. The number of imide groups is 1. The number of aliphatic carboxylic acids is 1. The first-order chi connectivity index (χ1) is 26.9. The maximum Gasteiger partial charge on any atom is 0.490 e. The number of carboxylic acids is 1. The minimum atomic E-state index is -5.08. The van der Waals surface area contributed by atoms with Crippen molar-refractivity contribution < 1.29 is 51.7 Å². The number of hydrogen-bond acceptors (Lipinski definition) is 13. The summed E-state index contributed by atoms with van der Waals surface area (Å²) in [5, 5.41) is 24.0. The number of alkyl carbamates (subject to hydrolysis) is 1. The zero-order valence-electron chi connectivity index (χ0n) is 31.9. The number of ether oxygens (including phenoxy) is 3. The number of alkyl halides is 3. The van der Waals surface area contributed by atoms with Gasteiger partial charge < -0.3 is 30.4 Å². The number of aromatic nitrogens is 6. The van der Waals surface area contributed by atoms with Crippen LogP contribution in [0.4, 0.5) is 23.7 Å². The topological polar surface area (TPSA) is 238 Å². The van der Waals surface area contributed by atoms with Gasteiger partial charge in [0.2, 0.25) is 17.6 Å². The number of rotatable bonds is 11. The fraction of sp³-hybridized carbons (Fsp3) is 0.432. The number of nitrogens with two attached hydrogens (primary N) is 1. The van der Waals surface area contributed by atoms with E-state index in [0.717, 1.165) is 11.1 Å². The predicted octanol–water partition coefficient (Wildman–Crippen LogP) is 4.73. The van der Waals surface area contributed by atoms with Crippen LogP contribution in [-0.2, 0) is 25.5 Å². The summed E-state index contributed by atoms with van der Waals surface area (Å²) in [4.78, 5) is 58.9. The van der Waals surface area contributed by atoms with E-state index < -0.39 is 35.8 Å². The highest BCUT2D eigenvalue weighted by Gasteiger charge is 2.38. The highest BCUT2D eigenvalue weighted by molar-refractivity contribution is 6.17. The molecule has 1 aliphatic rings. The summed E-state index contributed by atoms with van der Waals surface area (Å²) in [7, 11) is 3.00. The SMILES string of the molecule is COc1ncc(-c2ccc(C[C@H](N)C(=O)N(c3ccc(-c4nn[nH]n4)cc3)C(=O)[C@H]3CC[C@H](CNC(=O)OC(C)(C)C)CC3)cc2)c(OC)n1.O=C(O)C(F)(F)F. The number of benzene rings is 2. The van der Waals surface area contributed by atoms with E-state index in [1.807, 2.05) is 45.0 Å². The number of carbonyl (C=O) groups excluding carboxylic acids is 3. The Kier molecular flexibility index (Phi) is 14.6. The average Bonchev–Trinajstić information content (AvgIpc) is 3.72. The molecule has 1 aliphatic carbocycles. The molecular weight excluding hydrogens is 755 g/mol. The van der Waals surface area contributed by atoms with Crippen LogP contribution in [0.25, 0.3) is 22.5 Å². The highest BCUT2D eigenvalue weighted by Crippen LogP contribution is 2.33. The van der Waals surface area contributed by atoms with Crippen LogP contribution in [0, 0.1) is 11.8 Å². The van der Waals surface area contributed by atoms with Gasteiger partial charge in [-0.3, -0.25) is 9.59 Å². The average molecular weight is 800 g/mol. The smallest absolute Gasteiger partial charge is 0.480 e. The summed E-state index contributed by atoms with van der Waals surface area (Å²) in [5.74, 6) is -3.01. The third-order valence-electron chi connectivity index (χ3n) is 8.69. The summed E-state index contributed by atoms with van der Waals surface area (Å²) < 4.78 is 47.6. The van der Waals surface area contributed by atoms with E-state index in [1.54, 1.807) is 30.5 Å². The Balaban J connectivity index is 0.000000940. The molecule has 57 heavy (non-hydrogen) atoms. The Bertz CT molecular complexity index is 1970. The molecule has 0 spiro atoms. The minimum absolute atomic E-state index is 0.193. The summed E-state index contributed by atoms with van der Waals surface area (Å²) in [6.45, 7) is 5.90. The number of methoxy groups -OCH3 is 2. The number of H-pyrrole nitrogens is 1. The van der Waals surface area contributed by atoms with Gasteiger partial charge in [-0.05, 0) is 99.4 Å². The molecule has 0 aliphatic heterocycles. The van der Waals surface area contributed by atoms with Crippen LogP contribution in [0.2, 0.25) is 0 Å². The van der Waals surface area contributed by atoms with E-state index in [4.69, 9.17) is 29.8 Å². The van der Waals surface area contributed by atoms with Gasteiger partial charge in [-0.25, -0.2) is 19.5 Å². The number of carboxylic acid groups (broad SMARTS) is 1. The maximum atomic E-state index is 14.1. The molecule has 4 aromatic rings. The molecule has 3 amide bonds. The second-order valence-corrected chi connectivity index (χ2v) is 14.0. The van der Waals surface area contributed by atoms with E-state index in [0.29, 0.717) is 60.7 Å². The van der Waals surface area contributed by atoms with Crippen molar-refractivity contribution in [2.24, 2.45) is 17.6 Å². The molecule has 1 saturated carbocycles. The molecule has 0 bridgehead atoms. The molecule has 20 heteroatoms. The van der Waals surface area contributed by atoms with Crippen LogP contribution in [-0.4, -0.2) is 98.2 Å². The molecule has 1 atom stereocenters. The Morgan fingerprint density at radius 1 is 0.965 bits per heavy atom. The molecule has 17 nitrogen and oxygen atoms in total. The minimum Gasteiger partial charge on any atom is -0.480 e. The number of aromatic amines is 1. The molecule has 0 unspecified atom stereocenters. The van der Waals surface area contributed by atoms with Gasteiger partial charge in [0.25, 0.3) is 5.91 Å². The lowest BCUT2D eigenvalue weighted by Gasteiger charge is -2.32. The summed E-state index contributed by atoms with van der Waals surface area (Å²) >= 11 is 0. The van der Waals surface area contributed by atoms with Crippen molar-refractivity contribution in [3.63, 3.8) is 0 Å². The molecule has 0 radical (unpaired) electrons. The molecular formula is C37H44F3N9O8. The van der Waals surface area contributed by atoms with E-state index >= 15 is 0 Å². The Morgan fingerprint density at radius 2 is 1.58 bits per heavy atom. The predicted molar refractivity (Wildman–Crippen MR) is 198 cm³/mol. The van der Waals surface area contributed by atoms with Crippen molar-refractivity contribution in [3.8, 4) is 34.4 Å². The molecule has 5 rings (SSSR count). The number of anilines is 1. The number of hydrogen-bond donors (Lipinski definition) is 4. The lowest BCUT2D eigenvalue weighted by molar-refractivity contribution is -0.192. The molecule has 5 N–H and O–H groups in total. The van der Waals surface area contributed by atoms with E-state index in [-0.39, 0.29) is 30.2 Å². The van der Waals surface area contributed by atoms with Crippen molar-refractivity contribution >= 4 is 29.6 Å². The number of carbonyl (C=O) groups is 4. The number of tetrazole rings is 1. The van der Waals surface area contributed by atoms with Crippen LogP contribution in [0.3, 0.4) is 0 Å². The Hall–Kier alpha value is -6.18. The van der Waals surface area contributed by atoms with Crippen LogP contribution >= 0.6 is 0 Å². The normalized spacial score (nSPS) is 15.9. The van der Waals surface area contributed by atoms with E-state index in [9.17, 15) is 27.6 Å². The first-order valence-electron chi connectivity index (χ1n) is 17.7. The van der Waals surface area contributed by atoms with Gasteiger partial charge in [0, 0.05) is 24.2 Å². The standard InChI is InChI=1S/C35H43N9O6.C2HF3O2/c1-35(2,3)50-34(47)38-19-22-8-12-25(13-9-22)31(45)44(26-16-14-24(15-17-26)29-40-42-43-41-29)32(46)28(36)18-21-6-10-23(11-7-21)27-20-37-33(49-5)39-30(27)48-4;3-2(4,5)1(6)7/h6-7,10-11,14-17,20,22,25,28H,8-9,12-13,18-19,36H2,1-5H3,(H,38,47)(H,40,41,42,43);(H,6,7)/t22-,25-,28-;/m0./s1. The highest BCUT2D eigenvalue weighted by atomic mass is 19.4. The monoisotopic (exact) mass is 799 g/mol. The third-order valence-corrected chi connectivity index (χ3v) is 8.69. The van der Waals surface area contributed by atoms with E-state index in [2.05, 4.69) is 35.9 Å². The fourth-order valence-corrected chi connectivity index (χ4v) is 5.88. The van der Waals surface area contributed by atoms with Crippen LogP contribution in [0.15, 0.2) is 54.7 Å². The molecule has 2 aromatic heterocycles. The first kappa shape index (κ1) is 43.5. The van der Waals surface area contributed by atoms with Crippen molar-refractivity contribution in [1.82, 2.24) is 35.9 Å². The van der Waals surface area contributed by atoms with Gasteiger partial charge in [-0.15, -0.1) is 10.2 Å². The van der Waals surface area contributed by atoms with Crippen LogP contribution in [0.1, 0.15) is 52.0 Å². The maximum absolute atomic E-state index is 14.1. The Labute approximate surface area is 325 Å². The fourth-order valence-electron chi connectivity index (χ4n) is 5.88. The molecule has 2 aromatic carbocycles. The van der Waals surface area contributed by atoms with Gasteiger partial charge in [0.05, 0.1) is 31.5 Å². The lowest BCUT2D eigenvalue weighted by atomic mass is 9.81. The van der Waals surface area contributed by atoms with Crippen molar-refractivity contribution in [3.05, 3.63) is 60.3 Å². The molecule has 1 fully saturated rings. The molecule has 2 heterocycles. The van der Waals surface area contributed by atoms with Crippen molar-refractivity contribution in [1.29, 1.82) is 0 Å². The molecule has 306 valence electrons. The second kappa shape index (κ2) is 19.1. The van der Waals surface area contributed by atoms with Crippen LogP contribution < -0.4 is 25.4 Å². The number of nitrogens with zero attached hydrogens (tertiary/aromatic N) is 6.